The quantitative estimate of drug-likeness (QED) is 0.0755. The lowest BCUT2D eigenvalue weighted by atomic mass is 9.98. The van der Waals surface area contributed by atoms with Gasteiger partial charge in [-0.3, -0.25) is 9.69 Å². The second-order valence-corrected chi connectivity index (χ2v) is 15.4. The third kappa shape index (κ3) is 7.01. The average Bonchev–Trinajstić information content (AvgIpc) is 3.45. The molecule has 0 spiro atoms. The SMILES string of the molecule is CCOC(=O)CN(CCCC[P+](c1ccccc1)(c1ccccc1)c1ccccc1)C(=O)OCC1c2ccccc2-c2ccccc21. The monoisotopic (exact) mass is 642 g/mol. The van der Waals surface area contributed by atoms with Crippen molar-refractivity contribution in [1.29, 1.82) is 0 Å². The lowest BCUT2D eigenvalue weighted by molar-refractivity contribution is -0.144. The van der Waals surface area contributed by atoms with Crippen LogP contribution in [0.3, 0.4) is 0 Å². The maximum Gasteiger partial charge on any atom is 0.410 e. The maximum absolute atomic E-state index is 13.6. The van der Waals surface area contributed by atoms with Crippen molar-refractivity contribution in [3.63, 3.8) is 0 Å². The number of rotatable bonds is 13. The fourth-order valence-corrected chi connectivity index (χ4v) is 11.2. The van der Waals surface area contributed by atoms with E-state index in [-0.39, 0.29) is 25.7 Å². The van der Waals surface area contributed by atoms with Crippen molar-refractivity contribution in [2.24, 2.45) is 0 Å². The Morgan fingerprint density at radius 2 is 1.09 bits per heavy atom. The van der Waals surface area contributed by atoms with E-state index in [0.717, 1.165) is 30.1 Å². The minimum Gasteiger partial charge on any atom is -0.465 e. The van der Waals surface area contributed by atoms with E-state index in [0.29, 0.717) is 6.54 Å². The Kier molecular flexibility index (Phi) is 10.4. The van der Waals surface area contributed by atoms with E-state index in [1.807, 2.05) is 24.3 Å². The molecule has 0 unspecified atom stereocenters. The highest BCUT2D eigenvalue weighted by Crippen LogP contribution is 2.56. The number of esters is 1. The maximum atomic E-state index is 13.6. The zero-order chi connectivity index (χ0) is 32.5. The Balaban J connectivity index is 1.19. The van der Waals surface area contributed by atoms with Crippen LogP contribution in [0.1, 0.15) is 36.8 Å². The van der Waals surface area contributed by atoms with Crippen LogP contribution in [0, 0.1) is 0 Å². The van der Waals surface area contributed by atoms with E-state index in [1.165, 1.54) is 31.9 Å². The number of hydrogen-bond acceptors (Lipinski definition) is 4. The highest BCUT2D eigenvalue weighted by molar-refractivity contribution is 7.95. The third-order valence-electron chi connectivity index (χ3n) is 8.98. The summed E-state index contributed by atoms with van der Waals surface area (Å²) in [5.41, 5.74) is 4.66. The summed E-state index contributed by atoms with van der Waals surface area (Å²) in [6.07, 6.45) is 2.03. The fraction of sp³-hybridized carbons (Fsp3) is 0.220. The van der Waals surface area contributed by atoms with Crippen molar-refractivity contribution < 1.29 is 19.1 Å². The first-order chi connectivity index (χ1) is 23.1. The van der Waals surface area contributed by atoms with E-state index >= 15 is 0 Å². The van der Waals surface area contributed by atoms with E-state index in [1.54, 1.807) is 6.92 Å². The molecular weight excluding hydrogens is 601 g/mol. The Labute approximate surface area is 278 Å². The van der Waals surface area contributed by atoms with E-state index < -0.39 is 19.3 Å². The van der Waals surface area contributed by atoms with Gasteiger partial charge in [0.25, 0.3) is 0 Å². The molecular formula is C41H41NO4P+. The van der Waals surface area contributed by atoms with Crippen molar-refractivity contribution >= 4 is 35.2 Å². The molecule has 238 valence electrons. The lowest BCUT2D eigenvalue weighted by Crippen LogP contribution is -2.38. The van der Waals surface area contributed by atoms with Gasteiger partial charge in [0.15, 0.2) is 0 Å². The van der Waals surface area contributed by atoms with Crippen molar-refractivity contribution in [3.8, 4) is 11.1 Å². The van der Waals surface area contributed by atoms with Gasteiger partial charge in [-0.25, -0.2) is 4.79 Å². The van der Waals surface area contributed by atoms with Crippen molar-refractivity contribution in [1.82, 2.24) is 4.90 Å². The summed E-state index contributed by atoms with van der Waals surface area (Å²) in [4.78, 5) is 27.8. The fourth-order valence-electron chi connectivity index (χ4n) is 6.82. The highest BCUT2D eigenvalue weighted by Gasteiger charge is 2.44. The summed E-state index contributed by atoms with van der Waals surface area (Å²) in [6, 6.07) is 49.0. The van der Waals surface area contributed by atoms with Gasteiger partial charge in [-0.05, 0) is 78.4 Å². The molecule has 0 saturated heterocycles. The van der Waals surface area contributed by atoms with Gasteiger partial charge in [0.2, 0.25) is 0 Å². The Bertz CT molecular complexity index is 1640. The molecule has 0 radical (unpaired) electrons. The molecule has 0 aliphatic heterocycles. The first kappa shape index (κ1) is 32.2. The molecule has 5 aromatic carbocycles. The van der Waals surface area contributed by atoms with Gasteiger partial charge >= 0.3 is 12.1 Å². The Hall–Kier alpha value is -4.73. The predicted molar refractivity (Wildman–Crippen MR) is 193 cm³/mol. The second-order valence-electron chi connectivity index (χ2n) is 11.8. The summed E-state index contributed by atoms with van der Waals surface area (Å²) >= 11 is 0. The molecule has 6 heteroatoms. The first-order valence-electron chi connectivity index (χ1n) is 16.4. The number of unbranched alkanes of at least 4 members (excludes halogenated alkanes) is 1. The predicted octanol–water partition coefficient (Wildman–Crippen LogP) is 7.57. The largest absolute Gasteiger partial charge is 0.465 e. The van der Waals surface area contributed by atoms with Gasteiger partial charge in [-0.15, -0.1) is 0 Å². The van der Waals surface area contributed by atoms with E-state index in [4.69, 9.17) is 9.47 Å². The molecule has 0 heterocycles. The molecule has 0 bridgehead atoms. The first-order valence-corrected chi connectivity index (χ1v) is 18.4. The molecule has 1 amide bonds. The van der Waals surface area contributed by atoms with Gasteiger partial charge in [-0.1, -0.05) is 103 Å². The van der Waals surface area contributed by atoms with Crippen LogP contribution in [0.5, 0.6) is 0 Å². The average molecular weight is 643 g/mol. The van der Waals surface area contributed by atoms with Crippen LogP contribution >= 0.6 is 7.26 Å². The van der Waals surface area contributed by atoms with Crippen molar-refractivity contribution in [2.45, 2.75) is 25.7 Å². The number of amides is 1. The minimum absolute atomic E-state index is 0.0520. The normalized spacial score (nSPS) is 12.2. The highest BCUT2D eigenvalue weighted by atomic mass is 31.2. The smallest absolute Gasteiger partial charge is 0.410 e. The molecule has 0 aromatic heterocycles. The molecule has 0 fully saturated rings. The molecule has 5 aromatic rings. The number of ether oxygens (including phenoxy) is 2. The molecule has 0 N–H and O–H groups in total. The molecule has 0 atom stereocenters. The molecule has 1 aliphatic carbocycles. The number of carbonyl (C=O) groups excluding carboxylic acids is 2. The van der Waals surface area contributed by atoms with Gasteiger partial charge in [-0.2, -0.15) is 0 Å². The number of nitrogens with zero attached hydrogens (tertiary/aromatic N) is 1. The zero-order valence-electron chi connectivity index (χ0n) is 26.8. The summed E-state index contributed by atoms with van der Waals surface area (Å²) in [5, 5.41) is 3.99. The van der Waals surface area contributed by atoms with E-state index in [9.17, 15) is 9.59 Å². The third-order valence-corrected chi connectivity index (χ3v) is 13.5. The Morgan fingerprint density at radius 3 is 1.57 bits per heavy atom. The minimum atomic E-state index is -1.99. The second kappa shape index (κ2) is 15.2. The molecule has 6 rings (SSSR count). The van der Waals surface area contributed by atoms with Crippen molar-refractivity contribution in [2.75, 3.05) is 32.5 Å². The summed E-state index contributed by atoms with van der Waals surface area (Å²) in [6.45, 7) is 2.50. The van der Waals surface area contributed by atoms with Crippen LogP contribution in [0.25, 0.3) is 11.1 Å². The molecule has 1 aliphatic rings. The summed E-state index contributed by atoms with van der Waals surface area (Å²) in [5.74, 6) is -0.482. The van der Waals surface area contributed by atoms with Gasteiger partial charge < -0.3 is 9.47 Å². The van der Waals surface area contributed by atoms with Crippen LogP contribution in [0.2, 0.25) is 0 Å². The Morgan fingerprint density at radius 1 is 0.617 bits per heavy atom. The summed E-state index contributed by atoms with van der Waals surface area (Å²) in [7, 11) is -1.99. The van der Waals surface area contributed by atoms with Gasteiger partial charge in [0.1, 0.15) is 36.3 Å². The topological polar surface area (TPSA) is 55.8 Å². The number of hydrogen-bond donors (Lipinski definition) is 0. The summed E-state index contributed by atoms with van der Waals surface area (Å²) < 4.78 is 11.2. The van der Waals surface area contributed by atoms with Crippen LogP contribution in [-0.4, -0.2) is 49.4 Å². The lowest BCUT2D eigenvalue weighted by Gasteiger charge is -2.28. The number of benzene rings is 5. The standard InChI is InChI=1S/C41H41NO4P/c1-2-45-40(43)30-42(41(44)46-31-39-37-26-14-12-24-35(37)36-25-13-15-27-38(36)39)28-16-17-29-47(32-18-6-3-7-19-32,33-20-8-4-9-21-33)34-22-10-5-11-23-34/h3-15,18-27,39H,2,16-17,28-31H2,1H3/q+1. The molecule has 5 nitrogen and oxygen atoms in total. The molecule has 47 heavy (non-hydrogen) atoms. The number of carbonyl (C=O) groups is 2. The zero-order valence-corrected chi connectivity index (χ0v) is 27.7. The molecule has 0 saturated carbocycles. The van der Waals surface area contributed by atoms with Crippen LogP contribution in [0.4, 0.5) is 4.79 Å². The van der Waals surface area contributed by atoms with Crippen LogP contribution in [-0.2, 0) is 14.3 Å². The van der Waals surface area contributed by atoms with E-state index in [2.05, 4.69) is 115 Å². The van der Waals surface area contributed by atoms with Crippen LogP contribution in [0.15, 0.2) is 140 Å². The van der Waals surface area contributed by atoms with Crippen molar-refractivity contribution in [3.05, 3.63) is 151 Å². The van der Waals surface area contributed by atoms with Gasteiger partial charge in [0.05, 0.1) is 12.8 Å². The number of fused-ring (bicyclic) bond motifs is 3. The van der Waals surface area contributed by atoms with Crippen LogP contribution < -0.4 is 15.9 Å². The van der Waals surface area contributed by atoms with Gasteiger partial charge in [0, 0.05) is 12.5 Å².